The predicted molar refractivity (Wildman–Crippen MR) is 99.6 cm³/mol. The average molecular weight is 362 g/mol. The van der Waals surface area contributed by atoms with Crippen molar-refractivity contribution in [3.63, 3.8) is 0 Å². The van der Waals surface area contributed by atoms with Gasteiger partial charge in [0.25, 0.3) is 5.56 Å². The molecule has 1 aromatic rings. The van der Waals surface area contributed by atoms with Gasteiger partial charge in [0.1, 0.15) is 5.82 Å². The highest BCUT2D eigenvalue weighted by Gasteiger charge is 2.29. The molecule has 3 fully saturated rings. The third-order valence-corrected chi connectivity index (χ3v) is 6.02. The largest absolute Gasteiger partial charge is 0.391 e. The molecule has 3 heterocycles. The monoisotopic (exact) mass is 362 g/mol. The minimum atomic E-state index is -0.471. The van der Waals surface area contributed by atoms with E-state index in [0.717, 1.165) is 70.6 Å². The van der Waals surface area contributed by atoms with E-state index >= 15 is 0 Å². The SMILES string of the molecule is O=c1ccc(N2CCCCC2CNC2COC2)nn1C1CCCCC1O. The number of aromatic nitrogens is 2. The molecule has 144 valence electrons. The Balaban J connectivity index is 1.52. The summed E-state index contributed by atoms with van der Waals surface area (Å²) in [4.78, 5) is 14.7. The van der Waals surface area contributed by atoms with Crippen LogP contribution in [-0.2, 0) is 4.74 Å². The highest BCUT2D eigenvalue weighted by atomic mass is 16.5. The minimum Gasteiger partial charge on any atom is -0.391 e. The van der Waals surface area contributed by atoms with Crippen molar-refractivity contribution in [1.82, 2.24) is 15.1 Å². The number of hydrogen-bond acceptors (Lipinski definition) is 6. The van der Waals surface area contributed by atoms with E-state index in [0.29, 0.717) is 12.1 Å². The van der Waals surface area contributed by atoms with E-state index in [1.54, 1.807) is 6.07 Å². The normalized spacial score (nSPS) is 30.2. The first kappa shape index (κ1) is 17.9. The molecule has 2 saturated heterocycles. The molecule has 2 N–H and O–H groups in total. The van der Waals surface area contributed by atoms with Gasteiger partial charge in [0.2, 0.25) is 0 Å². The van der Waals surface area contributed by atoms with E-state index in [9.17, 15) is 9.90 Å². The van der Waals surface area contributed by atoms with Crippen LogP contribution in [0, 0.1) is 0 Å². The smallest absolute Gasteiger partial charge is 0.267 e. The van der Waals surface area contributed by atoms with Crippen molar-refractivity contribution in [2.45, 2.75) is 69.2 Å². The topological polar surface area (TPSA) is 79.6 Å². The molecule has 3 atom stereocenters. The molecule has 1 saturated carbocycles. The quantitative estimate of drug-likeness (QED) is 0.816. The van der Waals surface area contributed by atoms with Crippen LogP contribution >= 0.6 is 0 Å². The molecule has 4 rings (SSSR count). The number of nitrogens with zero attached hydrogens (tertiary/aromatic N) is 3. The summed E-state index contributed by atoms with van der Waals surface area (Å²) < 4.78 is 6.78. The first-order chi connectivity index (χ1) is 12.7. The minimum absolute atomic E-state index is 0.113. The summed E-state index contributed by atoms with van der Waals surface area (Å²) in [6.07, 6.45) is 6.68. The zero-order valence-electron chi connectivity index (χ0n) is 15.3. The summed E-state index contributed by atoms with van der Waals surface area (Å²) in [6.45, 7) is 3.48. The summed E-state index contributed by atoms with van der Waals surface area (Å²) in [5.41, 5.74) is -0.113. The number of rotatable bonds is 5. The lowest BCUT2D eigenvalue weighted by Crippen LogP contribution is -2.53. The van der Waals surface area contributed by atoms with Crippen LogP contribution in [0.2, 0.25) is 0 Å². The molecule has 1 aromatic heterocycles. The van der Waals surface area contributed by atoms with Gasteiger partial charge in [0, 0.05) is 25.2 Å². The van der Waals surface area contributed by atoms with Crippen molar-refractivity contribution >= 4 is 5.82 Å². The summed E-state index contributed by atoms with van der Waals surface area (Å²) in [7, 11) is 0. The van der Waals surface area contributed by atoms with Crippen molar-refractivity contribution in [2.75, 3.05) is 31.2 Å². The van der Waals surface area contributed by atoms with Crippen LogP contribution in [0.4, 0.5) is 5.82 Å². The van der Waals surface area contributed by atoms with Crippen molar-refractivity contribution < 1.29 is 9.84 Å². The van der Waals surface area contributed by atoms with Crippen LogP contribution in [0.15, 0.2) is 16.9 Å². The number of piperidine rings is 1. The first-order valence-corrected chi connectivity index (χ1v) is 10.1. The zero-order valence-corrected chi connectivity index (χ0v) is 15.3. The molecule has 0 radical (unpaired) electrons. The molecule has 0 bridgehead atoms. The van der Waals surface area contributed by atoms with Gasteiger partial charge in [0.15, 0.2) is 0 Å². The maximum atomic E-state index is 12.4. The standard InChI is InChI=1S/C19H30N4O3/c24-17-7-2-1-6-16(17)23-19(25)9-8-18(21-23)22-10-4-3-5-15(22)11-20-14-12-26-13-14/h8-9,14-17,20,24H,1-7,10-13H2. The van der Waals surface area contributed by atoms with E-state index in [1.807, 2.05) is 6.07 Å². The maximum Gasteiger partial charge on any atom is 0.267 e. The van der Waals surface area contributed by atoms with E-state index < -0.39 is 6.10 Å². The van der Waals surface area contributed by atoms with Crippen molar-refractivity contribution in [2.24, 2.45) is 0 Å². The predicted octanol–water partition coefficient (Wildman–Crippen LogP) is 1.07. The molecule has 0 aromatic carbocycles. The number of anilines is 1. The molecule has 7 nitrogen and oxygen atoms in total. The third-order valence-electron chi connectivity index (χ3n) is 6.02. The number of aliphatic hydroxyl groups excluding tert-OH is 1. The lowest BCUT2D eigenvalue weighted by molar-refractivity contribution is -0.00569. The Morgan fingerprint density at radius 2 is 1.96 bits per heavy atom. The Labute approximate surface area is 154 Å². The van der Waals surface area contributed by atoms with Gasteiger partial charge in [-0.1, -0.05) is 12.8 Å². The molecule has 1 aliphatic carbocycles. The average Bonchev–Trinajstić information content (AvgIpc) is 2.62. The van der Waals surface area contributed by atoms with Crippen LogP contribution in [0.3, 0.4) is 0 Å². The molecule has 26 heavy (non-hydrogen) atoms. The molecular weight excluding hydrogens is 332 g/mol. The van der Waals surface area contributed by atoms with Crippen LogP contribution in [-0.4, -0.2) is 59.4 Å². The number of aliphatic hydroxyl groups is 1. The molecule has 3 unspecified atom stereocenters. The molecule has 2 aliphatic heterocycles. The van der Waals surface area contributed by atoms with Gasteiger partial charge in [-0.15, -0.1) is 0 Å². The maximum absolute atomic E-state index is 12.4. The number of hydrogen-bond donors (Lipinski definition) is 2. The fraction of sp³-hybridized carbons (Fsp3) is 0.789. The van der Waals surface area contributed by atoms with Gasteiger partial charge in [-0.3, -0.25) is 4.79 Å². The van der Waals surface area contributed by atoms with E-state index in [-0.39, 0.29) is 11.6 Å². The Hall–Kier alpha value is -1.44. The van der Waals surface area contributed by atoms with Crippen LogP contribution in [0.25, 0.3) is 0 Å². The van der Waals surface area contributed by atoms with Crippen molar-refractivity contribution in [3.8, 4) is 0 Å². The Morgan fingerprint density at radius 1 is 1.15 bits per heavy atom. The summed E-state index contributed by atoms with van der Waals surface area (Å²) in [6, 6.07) is 4.13. The number of ether oxygens (including phenoxy) is 1. The van der Waals surface area contributed by atoms with Gasteiger partial charge in [-0.2, -0.15) is 5.10 Å². The highest BCUT2D eigenvalue weighted by molar-refractivity contribution is 5.39. The van der Waals surface area contributed by atoms with E-state index in [2.05, 4.69) is 10.2 Å². The Bertz CT molecular complexity index is 660. The van der Waals surface area contributed by atoms with Gasteiger partial charge in [0.05, 0.1) is 31.4 Å². The number of nitrogens with one attached hydrogen (secondary N) is 1. The zero-order chi connectivity index (χ0) is 17.9. The van der Waals surface area contributed by atoms with Crippen LogP contribution in [0.1, 0.15) is 51.0 Å². The molecule has 3 aliphatic rings. The molecule has 7 heteroatoms. The van der Waals surface area contributed by atoms with Crippen molar-refractivity contribution in [1.29, 1.82) is 0 Å². The van der Waals surface area contributed by atoms with Crippen LogP contribution in [0.5, 0.6) is 0 Å². The highest BCUT2D eigenvalue weighted by Crippen LogP contribution is 2.28. The van der Waals surface area contributed by atoms with Gasteiger partial charge >= 0.3 is 0 Å². The molecular formula is C19H30N4O3. The summed E-state index contributed by atoms with van der Waals surface area (Å²) >= 11 is 0. The fourth-order valence-corrected chi connectivity index (χ4v) is 4.35. The van der Waals surface area contributed by atoms with Gasteiger partial charge in [-0.05, 0) is 38.2 Å². The second kappa shape index (κ2) is 8.06. The second-order valence-electron chi connectivity index (χ2n) is 7.88. The fourth-order valence-electron chi connectivity index (χ4n) is 4.35. The van der Waals surface area contributed by atoms with E-state index in [4.69, 9.17) is 9.84 Å². The summed E-state index contributed by atoms with van der Waals surface area (Å²) in [5.74, 6) is 0.860. The van der Waals surface area contributed by atoms with E-state index in [1.165, 1.54) is 11.1 Å². The Kier molecular flexibility index (Phi) is 5.57. The lowest BCUT2D eigenvalue weighted by atomic mass is 9.93. The van der Waals surface area contributed by atoms with Crippen LogP contribution < -0.4 is 15.8 Å². The molecule has 0 amide bonds. The lowest BCUT2D eigenvalue weighted by Gasteiger charge is -2.39. The van der Waals surface area contributed by atoms with Gasteiger partial charge in [-0.25, -0.2) is 4.68 Å². The Morgan fingerprint density at radius 3 is 2.73 bits per heavy atom. The van der Waals surface area contributed by atoms with Crippen molar-refractivity contribution in [3.05, 3.63) is 22.5 Å². The second-order valence-corrected chi connectivity index (χ2v) is 7.88. The summed E-state index contributed by atoms with van der Waals surface area (Å²) in [5, 5.41) is 18.6. The first-order valence-electron chi connectivity index (χ1n) is 10.1. The van der Waals surface area contributed by atoms with Gasteiger partial charge < -0.3 is 20.1 Å². The third kappa shape index (κ3) is 3.80. The molecule has 0 spiro atoms.